The quantitative estimate of drug-likeness (QED) is 0.878. The normalized spacial score (nSPS) is 18.2. The molecule has 1 aliphatic rings. The topological polar surface area (TPSA) is 66.5 Å². The summed E-state index contributed by atoms with van der Waals surface area (Å²) in [5.41, 5.74) is 3.03. The van der Waals surface area contributed by atoms with Crippen molar-refractivity contribution >= 4 is 15.9 Å². The van der Waals surface area contributed by atoms with Crippen LogP contribution in [0.15, 0.2) is 54.6 Å². The molecule has 0 fully saturated rings. The fourth-order valence-electron chi connectivity index (χ4n) is 3.51. The Hall–Kier alpha value is -2.18. The van der Waals surface area contributed by atoms with Gasteiger partial charge in [-0.1, -0.05) is 54.6 Å². The summed E-state index contributed by atoms with van der Waals surface area (Å²) in [5.74, 6) is -0.300. The Labute approximate surface area is 155 Å². The van der Waals surface area contributed by atoms with Crippen molar-refractivity contribution in [2.24, 2.45) is 0 Å². The van der Waals surface area contributed by atoms with Crippen LogP contribution in [0.1, 0.15) is 41.6 Å². The molecule has 0 bridgehead atoms. The molecular formula is C20H24N2O3S. The van der Waals surface area contributed by atoms with Crippen LogP contribution < -0.4 is 5.32 Å². The second kappa shape index (κ2) is 7.60. The van der Waals surface area contributed by atoms with Crippen molar-refractivity contribution in [3.05, 3.63) is 71.3 Å². The Morgan fingerprint density at radius 3 is 2.46 bits per heavy atom. The largest absolute Gasteiger partial charge is 0.348 e. The van der Waals surface area contributed by atoms with Gasteiger partial charge in [0.15, 0.2) is 0 Å². The van der Waals surface area contributed by atoms with Crippen LogP contribution in [0.2, 0.25) is 0 Å². The van der Waals surface area contributed by atoms with Gasteiger partial charge in [0, 0.05) is 7.05 Å². The van der Waals surface area contributed by atoms with Crippen LogP contribution >= 0.6 is 0 Å². The van der Waals surface area contributed by atoms with Crippen molar-refractivity contribution in [1.29, 1.82) is 0 Å². The van der Waals surface area contributed by atoms with Crippen molar-refractivity contribution in [3.8, 4) is 0 Å². The van der Waals surface area contributed by atoms with Crippen LogP contribution in [-0.4, -0.2) is 31.9 Å². The van der Waals surface area contributed by atoms with Gasteiger partial charge in [-0.2, -0.15) is 4.31 Å². The Morgan fingerprint density at radius 1 is 1.12 bits per heavy atom. The maximum absolute atomic E-state index is 13.1. The van der Waals surface area contributed by atoms with Crippen molar-refractivity contribution in [2.45, 2.75) is 31.3 Å². The Bertz CT molecular complexity index is 881. The van der Waals surface area contributed by atoms with E-state index in [4.69, 9.17) is 0 Å². The Kier molecular flexibility index (Phi) is 5.44. The molecule has 2 unspecified atom stereocenters. The number of nitrogens with zero attached hydrogens (tertiary/aromatic N) is 1. The number of sulfonamides is 1. The van der Waals surface area contributed by atoms with E-state index in [-0.39, 0.29) is 11.9 Å². The lowest BCUT2D eigenvalue weighted by molar-refractivity contribution is -0.125. The zero-order valence-corrected chi connectivity index (χ0v) is 15.9. The standard InChI is InChI=1S/C20H24N2O3S/c1-22(26(2,24)25)19(16-10-4-3-5-11-16)20(23)21-18-14-8-12-15-9-6-7-13-17(15)18/h3-7,9-11,13,18-19H,8,12,14H2,1-2H3,(H,21,23). The average molecular weight is 372 g/mol. The number of hydrogen-bond acceptors (Lipinski definition) is 3. The fraction of sp³-hybridized carbons (Fsp3) is 0.350. The van der Waals surface area contributed by atoms with Crippen LogP contribution in [-0.2, 0) is 21.2 Å². The summed E-state index contributed by atoms with van der Waals surface area (Å²) < 4.78 is 25.3. The first-order valence-corrected chi connectivity index (χ1v) is 10.6. The van der Waals surface area contributed by atoms with Crippen molar-refractivity contribution in [2.75, 3.05) is 13.3 Å². The zero-order chi connectivity index (χ0) is 18.7. The van der Waals surface area contributed by atoms with E-state index in [0.717, 1.165) is 35.4 Å². The van der Waals surface area contributed by atoms with Crippen molar-refractivity contribution in [1.82, 2.24) is 9.62 Å². The van der Waals surface area contributed by atoms with Crippen LogP contribution in [0, 0.1) is 0 Å². The first kappa shape index (κ1) is 18.6. The molecule has 138 valence electrons. The molecule has 5 nitrogen and oxygen atoms in total. The predicted octanol–water partition coefficient (Wildman–Crippen LogP) is 2.81. The highest BCUT2D eigenvalue weighted by Gasteiger charge is 2.32. The van der Waals surface area contributed by atoms with Gasteiger partial charge in [0.25, 0.3) is 0 Å². The third kappa shape index (κ3) is 3.97. The molecule has 6 heteroatoms. The Balaban J connectivity index is 1.90. The zero-order valence-electron chi connectivity index (χ0n) is 15.1. The van der Waals surface area contributed by atoms with E-state index in [1.807, 2.05) is 36.4 Å². The summed E-state index contributed by atoms with van der Waals surface area (Å²) in [7, 11) is -2.08. The molecule has 0 radical (unpaired) electrons. The summed E-state index contributed by atoms with van der Waals surface area (Å²) in [6, 6.07) is 16.1. The first-order valence-electron chi connectivity index (χ1n) is 8.74. The van der Waals surface area contributed by atoms with Crippen LogP contribution in [0.4, 0.5) is 0 Å². The minimum atomic E-state index is -3.52. The van der Waals surface area contributed by atoms with Crippen LogP contribution in [0.3, 0.4) is 0 Å². The van der Waals surface area contributed by atoms with E-state index in [9.17, 15) is 13.2 Å². The molecule has 0 spiro atoms. The number of aryl methyl sites for hydroxylation is 1. The molecule has 0 aliphatic heterocycles. The van der Waals surface area contributed by atoms with Gasteiger partial charge in [-0.25, -0.2) is 8.42 Å². The maximum Gasteiger partial charge on any atom is 0.243 e. The number of carbonyl (C=O) groups excluding carboxylic acids is 1. The second-order valence-corrected chi connectivity index (χ2v) is 8.79. The highest BCUT2D eigenvalue weighted by Crippen LogP contribution is 2.31. The number of rotatable bonds is 5. The summed E-state index contributed by atoms with van der Waals surface area (Å²) in [6.45, 7) is 0. The van der Waals surface area contributed by atoms with E-state index in [1.165, 1.54) is 12.6 Å². The van der Waals surface area contributed by atoms with Gasteiger partial charge < -0.3 is 5.32 Å². The van der Waals surface area contributed by atoms with Gasteiger partial charge in [-0.15, -0.1) is 0 Å². The minimum Gasteiger partial charge on any atom is -0.348 e. The molecule has 2 aromatic rings. The number of nitrogens with one attached hydrogen (secondary N) is 1. The lowest BCUT2D eigenvalue weighted by Crippen LogP contribution is -2.43. The lowest BCUT2D eigenvalue weighted by Gasteiger charge is -2.31. The molecule has 1 aliphatic carbocycles. The molecule has 0 aromatic heterocycles. The minimum absolute atomic E-state index is 0.0911. The first-order chi connectivity index (χ1) is 12.4. The fourth-order valence-corrected chi connectivity index (χ4v) is 4.11. The monoisotopic (exact) mass is 372 g/mol. The number of likely N-dealkylation sites (N-methyl/N-ethyl adjacent to an activating group) is 1. The second-order valence-electron chi connectivity index (χ2n) is 6.74. The number of fused-ring (bicyclic) bond motifs is 1. The van der Waals surface area contributed by atoms with E-state index in [1.54, 1.807) is 12.1 Å². The molecule has 2 aromatic carbocycles. The van der Waals surface area contributed by atoms with Crippen molar-refractivity contribution in [3.63, 3.8) is 0 Å². The third-order valence-corrected chi connectivity index (χ3v) is 6.19. The van der Waals surface area contributed by atoms with Gasteiger partial charge in [0.1, 0.15) is 6.04 Å². The Morgan fingerprint density at radius 2 is 1.77 bits per heavy atom. The predicted molar refractivity (Wildman–Crippen MR) is 102 cm³/mol. The average Bonchev–Trinajstić information content (AvgIpc) is 2.62. The molecule has 2 atom stereocenters. The maximum atomic E-state index is 13.1. The molecular weight excluding hydrogens is 348 g/mol. The molecule has 1 amide bonds. The molecule has 0 saturated heterocycles. The number of carbonyl (C=O) groups is 1. The van der Waals surface area contributed by atoms with Gasteiger partial charge in [-0.05, 0) is 36.0 Å². The van der Waals surface area contributed by atoms with Crippen LogP contribution in [0.5, 0.6) is 0 Å². The number of benzene rings is 2. The summed E-state index contributed by atoms with van der Waals surface area (Å²) in [6.07, 6.45) is 3.98. The smallest absolute Gasteiger partial charge is 0.243 e. The summed E-state index contributed by atoms with van der Waals surface area (Å²) in [4.78, 5) is 13.1. The van der Waals surface area contributed by atoms with Gasteiger partial charge >= 0.3 is 0 Å². The summed E-state index contributed by atoms with van der Waals surface area (Å²) >= 11 is 0. The molecule has 26 heavy (non-hydrogen) atoms. The SMILES string of the molecule is CN(C(C(=O)NC1CCCc2ccccc21)c1ccccc1)S(C)(=O)=O. The molecule has 1 N–H and O–H groups in total. The highest BCUT2D eigenvalue weighted by atomic mass is 32.2. The lowest BCUT2D eigenvalue weighted by atomic mass is 9.87. The number of hydrogen-bond donors (Lipinski definition) is 1. The van der Waals surface area contributed by atoms with E-state index >= 15 is 0 Å². The van der Waals surface area contributed by atoms with E-state index in [0.29, 0.717) is 5.56 Å². The third-order valence-electron chi connectivity index (χ3n) is 4.94. The van der Waals surface area contributed by atoms with Gasteiger partial charge in [0.05, 0.1) is 12.3 Å². The molecule has 3 rings (SSSR count). The highest BCUT2D eigenvalue weighted by molar-refractivity contribution is 7.88. The van der Waals surface area contributed by atoms with E-state index < -0.39 is 16.1 Å². The van der Waals surface area contributed by atoms with E-state index in [2.05, 4.69) is 11.4 Å². The number of amides is 1. The molecule has 0 saturated carbocycles. The van der Waals surface area contributed by atoms with Crippen molar-refractivity contribution < 1.29 is 13.2 Å². The van der Waals surface area contributed by atoms with Gasteiger partial charge in [0.2, 0.25) is 15.9 Å². The van der Waals surface area contributed by atoms with Crippen LogP contribution in [0.25, 0.3) is 0 Å². The molecule has 0 heterocycles. The van der Waals surface area contributed by atoms with Gasteiger partial charge in [-0.3, -0.25) is 4.79 Å². The summed E-state index contributed by atoms with van der Waals surface area (Å²) in [5, 5.41) is 3.08.